The Morgan fingerprint density at radius 2 is 1.70 bits per heavy atom. The Morgan fingerprint density at radius 1 is 1.00 bits per heavy atom. The number of furan rings is 1. The first-order chi connectivity index (χ1) is 9.77. The van der Waals surface area contributed by atoms with Crippen LogP contribution in [0.15, 0.2) is 21.2 Å². The fraction of sp³-hybridized carbons (Fsp3) is 0.765. The highest BCUT2D eigenvalue weighted by molar-refractivity contribution is 9.10. The van der Waals surface area contributed by atoms with Gasteiger partial charge in [-0.1, -0.05) is 58.8 Å². The molecule has 0 radical (unpaired) electrons. The fourth-order valence-electron chi connectivity index (χ4n) is 2.48. The second-order valence-electron chi connectivity index (χ2n) is 5.56. The van der Waals surface area contributed by atoms with Crippen LogP contribution in [0.25, 0.3) is 0 Å². The Morgan fingerprint density at radius 3 is 2.30 bits per heavy atom. The Kier molecular flexibility index (Phi) is 10.1. The van der Waals surface area contributed by atoms with Crippen molar-refractivity contribution in [3.8, 4) is 0 Å². The molecule has 0 aliphatic rings. The summed E-state index contributed by atoms with van der Waals surface area (Å²) in [4.78, 5) is 0. The van der Waals surface area contributed by atoms with Crippen LogP contribution in [0.5, 0.6) is 0 Å². The van der Waals surface area contributed by atoms with Crippen LogP contribution < -0.4 is 5.32 Å². The van der Waals surface area contributed by atoms with Gasteiger partial charge in [0.15, 0.2) is 4.67 Å². The molecule has 20 heavy (non-hydrogen) atoms. The normalized spacial score (nSPS) is 12.8. The third-order valence-electron chi connectivity index (χ3n) is 3.67. The van der Waals surface area contributed by atoms with Gasteiger partial charge in [-0.15, -0.1) is 0 Å². The number of hydrogen-bond donors (Lipinski definition) is 1. The summed E-state index contributed by atoms with van der Waals surface area (Å²) >= 11 is 3.39. The molecule has 1 rings (SSSR count). The van der Waals surface area contributed by atoms with Gasteiger partial charge in [-0.25, -0.2) is 0 Å². The van der Waals surface area contributed by atoms with Crippen molar-refractivity contribution in [2.24, 2.45) is 0 Å². The van der Waals surface area contributed by atoms with Crippen LogP contribution in [0.3, 0.4) is 0 Å². The van der Waals surface area contributed by atoms with Gasteiger partial charge in [0.25, 0.3) is 0 Å². The van der Waals surface area contributed by atoms with Crippen LogP contribution in [0.4, 0.5) is 0 Å². The van der Waals surface area contributed by atoms with Crippen molar-refractivity contribution in [1.82, 2.24) is 5.32 Å². The first kappa shape index (κ1) is 17.8. The van der Waals surface area contributed by atoms with Crippen molar-refractivity contribution in [2.45, 2.75) is 77.7 Å². The summed E-state index contributed by atoms with van der Waals surface area (Å²) in [6, 6.07) is 4.44. The maximum atomic E-state index is 5.71. The van der Waals surface area contributed by atoms with Gasteiger partial charge >= 0.3 is 0 Å². The number of rotatable bonds is 12. The van der Waals surface area contributed by atoms with E-state index in [9.17, 15) is 0 Å². The van der Waals surface area contributed by atoms with Gasteiger partial charge < -0.3 is 9.73 Å². The van der Waals surface area contributed by atoms with Crippen LogP contribution in [0, 0.1) is 0 Å². The van der Waals surface area contributed by atoms with Crippen LogP contribution in [-0.2, 0) is 0 Å². The largest absolute Gasteiger partial charge is 0.453 e. The lowest BCUT2D eigenvalue weighted by Crippen LogP contribution is -2.21. The first-order valence-electron chi connectivity index (χ1n) is 8.26. The molecule has 2 nitrogen and oxygen atoms in total. The van der Waals surface area contributed by atoms with Crippen LogP contribution >= 0.6 is 15.9 Å². The summed E-state index contributed by atoms with van der Waals surface area (Å²) in [5, 5.41) is 3.60. The Hall–Kier alpha value is -0.280. The summed E-state index contributed by atoms with van der Waals surface area (Å²) in [6.45, 7) is 5.53. The highest BCUT2D eigenvalue weighted by Crippen LogP contribution is 2.25. The molecular weight excluding hydrogens is 314 g/mol. The van der Waals surface area contributed by atoms with E-state index < -0.39 is 0 Å². The second-order valence-corrected chi connectivity index (χ2v) is 6.34. The van der Waals surface area contributed by atoms with E-state index in [1.54, 1.807) is 0 Å². The van der Waals surface area contributed by atoms with Gasteiger partial charge in [0.1, 0.15) is 5.76 Å². The molecule has 1 N–H and O–H groups in total. The third kappa shape index (κ3) is 7.49. The maximum Gasteiger partial charge on any atom is 0.169 e. The van der Waals surface area contributed by atoms with Crippen molar-refractivity contribution in [3.05, 3.63) is 22.6 Å². The zero-order chi connectivity index (χ0) is 14.6. The fourth-order valence-corrected chi connectivity index (χ4v) is 2.80. The predicted molar refractivity (Wildman–Crippen MR) is 90.1 cm³/mol. The molecule has 0 amide bonds. The van der Waals surface area contributed by atoms with Gasteiger partial charge in [0, 0.05) is 0 Å². The molecule has 0 aliphatic carbocycles. The quantitative estimate of drug-likeness (QED) is 0.455. The summed E-state index contributed by atoms with van der Waals surface area (Å²) in [6.07, 6.45) is 11.9. The highest BCUT2D eigenvalue weighted by atomic mass is 79.9. The standard InChI is InChI=1S/C17H30BrNO/c1-3-5-6-7-8-9-10-11-15(19-14-4-2)16-12-13-17(18)20-16/h12-13,15,19H,3-11,14H2,1-2H3. The molecule has 0 fully saturated rings. The van der Waals surface area contributed by atoms with Crippen molar-refractivity contribution < 1.29 is 4.42 Å². The van der Waals surface area contributed by atoms with E-state index >= 15 is 0 Å². The summed E-state index contributed by atoms with van der Waals surface area (Å²) in [5.41, 5.74) is 0. The average molecular weight is 344 g/mol. The smallest absolute Gasteiger partial charge is 0.169 e. The molecule has 116 valence electrons. The Balaban J connectivity index is 2.23. The zero-order valence-electron chi connectivity index (χ0n) is 13.1. The van der Waals surface area contributed by atoms with Crippen molar-refractivity contribution in [3.63, 3.8) is 0 Å². The molecule has 1 unspecified atom stereocenters. The van der Waals surface area contributed by atoms with E-state index in [2.05, 4.69) is 41.2 Å². The minimum atomic E-state index is 0.372. The average Bonchev–Trinajstić information content (AvgIpc) is 2.87. The Bertz CT molecular complexity index is 337. The summed E-state index contributed by atoms with van der Waals surface area (Å²) in [5.74, 6) is 1.07. The summed E-state index contributed by atoms with van der Waals surface area (Å²) in [7, 11) is 0. The van der Waals surface area contributed by atoms with Crippen LogP contribution in [0.2, 0.25) is 0 Å². The van der Waals surface area contributed by atoms with Gasteiger partial charge in [0.05, 0.1) is 6.04 Å². The second kappa shape index (κ2) is 11.4. The number of nitrogens with one attached hydrogen (secondary N) is 1. The number of unbranched alkanes of at least 4 members (excludes halogenated alkanes) is 6. The molecule has 0 aromatic carbocycles. The number of hydrogen-bond acceptors (Lipinski definition) is 2. The molecule has 0 spiro atoms. The van der Waals surface area contributed by atoms with E-state index in [1.807, 2.05) is 6.07 Å². The maximum absolute atomic E-state index is 5.71. The van der Waals surface area contributed by atoms with Crippen molar-refractivity contribution in [2.75, 3.05) is 6.54 Å². The molecule has 1 aromatic heterocycles. The molecule has 0 saturated carbocycles. The van der Waals surface area contributed by atoms with E-state index in [-0.39, 0.29) is 0 Å². The van der Waals surface area contributed by atoms with Gasteiger partial charge in [-0.3, -0.25) is 0 Å². The minimum absolute atomic E-state index is 0.372. The molecule has 0 saturated heterocycles. The van der Waals surface area contributed by atoms with E-state index in [0.717, 1.165) is 23.4 Å². The molecular formula is C17H30BrNO. The highest BCUT2D eigenvalue weighted by Gasteiger charge is 2.14. The van der Waals surface area contributed by atoms with Crippen LogP contribution in [0.1, 0.15) is 83.4 Å². The minimum Gasteiger partial charge on any atom is -0.453 e. The molecule has 0 aliphatic heterocycles. The van der Waals surface area contributed by atoms with Crippen LogP contribution in [-0.4, -0.2) is 6.54 Å². The lowest BCUT2D eigenvalue weighted by atomic mass is 10.0. The van der Waals surface area contributed by atoms with Gasteiger partial charge in [0.2, 0.25) is 0 Å². The topological polar surface area (TPSA) is 25.2 Å². The lowest BCUT2D eigenvalue weighted by Gasteiger charge is -2.16. The van der Waals surface area contributed by atoms with Gasteiger partial charge in [-0.05, 0) is 47.4 Å². The van der Waals surface area contributed by atoms with Crippen molar-refractivity contribution >= 4 is 15.9 Å². The summed E-state index contributed by atoms with van der Waals surface area (Å²) < 4.78 is 6.54. The van der Waals surface area contributed by atoms with E-state index in [1.165, 1.54) is 51.4 Å². The lowest BCUT2D eigenvalue weighted by molar-refractivity contribution is 0.376. The molecule has 1 aromatic rings. The first-order valence-corrected chi connectivity index (χ1v) is 9.05. The zero-order valence-corrected chi connectivity index (χ0v) is 14.7. The molecule has 1 heterocycles. The van der Waals surface area contributed by atoms with E-state index in [4.69, 9.17) is 4.42 Å². The number of halogens is 1. The molecule has 1 atom stereocenters. The Labute approximate surface area is 132 Å². The van der Waals surface area contributed by atoms with Crippen molar-refractivity contribution in [1.29, 1.82) is 0 Å². The van der Waals surface area contributed by atoms with Gasteiger partial charge in [-0.2, -0.15) is 0 Å². The molecule has 3 heteroatoms. The van der Waals surface area contributed by atoms with E-state index in [0.29, 0.717) is 6.04 Å². The molecule has 0 bridgehead atoms. The SMILES string of the molecule is CCCCCCCCCC(NCCC)c1ccc(Br)o1. The third-order valence-corrected chi connectivity index (χ3v) is 4.10. The monoisotopic (exact) mass is 343 g/mol. The predicted octanol–water partition coefficient (Wildman–Crippen LogP) is 6.22.